The van der Waals surface area contributed by atoms with Crippen LogP contribution >= 0.6 is 0 Å². The summed E-state index contributed by atoms with van der Waals surface area (Å²) in [5.41, 5.74) is 0. The van der Waals surface area contributed by atoms with Crippen molar-refractivity contribution in [2.45, 2.75) is 13.0 Å². The Balaban J connectivity index is 3.05. The van der Waals surface area contributed by atoms with E-state index in [0.29, 0.717) is 0 Å². The van der Waals surface area contributed by atoms with Crippen LogP contribution in [0.1, 0.15) is 6.92 Å². The molecule has 0 amide bonds. The van der Waals surface area contributed by atoms with Crippen molar-refractivity contribution in [3.8, 4) is 0 Å². The average Bonchev–Trinajstić information content (AvgIpc) is 1.61. The molecule has 0 aliphatic rings. The Hall–Kier alpha value is 0.394. The fraction of sp³-hybridized carbons (Fsp3) is 1.00. The Kier molecular flexibility index (Phi) is 4.50. The minimum absolute atomic E-state index is 0.0463. The molecule has 0 aromatic rings. The Morgan fingerprint density at radius 2 is 2.38 bits per heavy atom. The third kappa shape index (κ3) is 6.39. The van der Waals surface area contributed by atoms with E-state index in [1.165, 1.54) is 6.92 Å². The van der Waals surface area contributed by atoms with Crippen LogP contribution in [0.25, 0.3) is 0 Å². The zero-order chi connectivity index (χ0) is 6.57. The maximum absolute atomic E-state index is 9.82. The number of hydrogen-bond acceptors (Lipinski definition) is 3. The SMILES string of the molecule is CC(O)C[O][Ti](=[O])[OH]. The van der Waals surface area contributed by atoms with Gasteiger partial charge in [0.2, 0.25) is 0 Å². The second kappa shape index (κ2) is 4.29. The second-order valence-electron chi connectivity index (χ2n) is 1.43. The molecule has 0 spiro atoms. The molecule has 0 aliphatic carbocycles. The number of aliphatic hydroxyl groups is 1. The van der Waals surface area contributed by atoms with E-state index in [1.54, 1.807) is 0 Å². The van der Waals surface area contributed by atoms with Crippen LogP contribution < -0.4 is 0 Å². The van der Waals surface area contributed by atoms with Crippen molar-refractivity contribution < 1.29 is 34.1 Å². The van der Waals surface area contributed by atoms with E-state index in [4.69, 9.17) is 8.79 Å². The Bertz CT molecular complexity index is 81.4. The standard InChI is InChI=1S/C3H7O2.H2O.O.Ti/c1-3(5)2-4;;;/h3,5H,2H2,1H3;1H2;;/q-1;;;+2/p-1. The predicted octanol–water partition coefficient (Wildman–Crippen LogP) is -0.830. The summed E-state index contributed by atoms with van der Waals surface area (Å²) in [6.07, 6.45) is -0.654. The first-order valence-electron chi connectivity index (χ1n) is 2.16. The first-order chi connectivity index (χ1) is 3.63. The molecule has 8 heavy (non-hydrogen) atoms. The van der Waals surface area contributed by atoms with Gasteiger partial charge in [0, 0.05) is 0 Å². The molecule has 0 radical (unpaired) electrons. The van der Waals surface area contributed by atoms with E-state index in [-0.39, 0.29) is 6.61 Å². The third-order valence-corrected chi connectivity index (χ3v) is 1.09. The van der Waals surface area contributed by atoms with E-state index in [1.807, 2.05) is 0 Å². The van der Waals surface area contributed by atoms with Crippen molar-refractivity contribution >= 4 is 0 Å². The van der Waals surface area contributed by atoms with Gasteiger partial charge in [-0.1, -0.05) is 0 Å². The Morgan fingerprint density at radius 1 is 1.88 bits per heavy atom. The molecule has 1 unspecified atom stereocenters. The van der Waals surface area contributed by atoms with Crippen molar-refractivity contribution in [2.24, 2.45) is 0 Å². The quantitative estimate of drug-likeness (QED) is 0.523. The Labute approximate surface area is 54.2 Å². The predicted molar refractivity (Wildman–Crippen MR) is 20.5 cm³/mol. The van der Waals surface area contributed by atoms with Crippen LogP contribution in [0.15, 0.2) is 0 Å². The van der Waals surface area contributed by atoms with E-state index in [0.717, 1.165) is 0 Å². The molecule has 0 rings (SSSR count). The number of aliphatic hydroxyl groups excluding tert-OH is 1. The van der Waals surface area contributed by atoms with Gasteiger partial charge in [-0.3, -0.25) is 0 Å². The maximum atomic E-state index is 9.82. The minimum atomic E-state index is -3.36. The topological polar surface area (TPSA) is 66.8 Å². The van der Waals surface area contributed by atoms with Gasteiger partial charge >= 0.3 is 53.7 Å². The van der Waals surface area contributed by atoms with Gasteiger partial charge in [0.05, 0.1) is 0 Å². The summed E-state index contributed by atoms with van der Waals surface area (Å²) < 4.78 is 22.1. The van der Waals surface area contributed by atoms with Crippen LogP contribution in [-0.4, -0.2) is 21.5 Å². The molecule has 48 valence electrons. The molecule has 5 heteroatoms. The first kappa shape index (κ1) is 8.39. The summed E-state index contributed by atoms with van der Waals surface area (Å²) in [7, 11) is 0. The van der Waals surface area contributed by atoms with Crippen LogP contribution in [0, 0.1) is 0 Å². The van der Waals surface area contributed by atoms with Gasteiger partial charge in [-0.05, 0) is 0 Å². The van der Waals surface area contributed by atoms with Gasteiger partial charge in [0.1, 0.15) is 0 Å². The molecule has 0 saturated heterocycles. The van der Waals surface area contributed by atoms with Crippen LogP contribution in [0.5, 0.6) is 0 Å². The fourth-order valence-electron chi connectivity index (χ4n) is 0.192. The average molecular weight is 156 g/mol. The van der Waals surface area contributed by atoms with Gasteiger partial charge in [-0.25, -0.2) is 0 Å². The molecule has 0 heterocycles. The molecule has 1 atom stereocenters. The van der Waals surface area contributed by atoms with Crippen LogP contribution in [0.2, 0.25) is 0 Å². The van der Waals surface area contributed by atoms with Crippen molar-refractivity contribution in [1.29, 1.82) is 0 Å². The normalized spacial score (nSPS) is 13.4. The van der Waals surface area contributed by atoms with Crippen molar-refractivity contribution in [1.82, 2.24) is 0 Å². The van der Waals surface area contributed by atoms with Gasteiger partial charge < -0.3 is 0 Å². The molecule has 4 nitrogen and oxygen atoms in total. The van der Waals surface area contributed by atoms with Crippen molar-refractivity contribution in [3.63, 3.8) is 0 Å². The van der Waals surface area contributed by atoms with E-state index < -0.39 is 24.7 Å². The van der Waals surface area contributed by atoms with Crippen LogP contribution in [0.4, 0.5) is 0 Å². The molecule has 0 aromatic heterocycles. The van der Waals surface area contributed by atoms with Crippen molar-refractivity contribution in [3.05, 3.63) is 0 Å². The zero-order valence-electron chi connectivity index (χ0n) is 4.50. The summed E-state index contributed by atoms with van der Waals surface area (Å²) in [5.74, 6) is 0. The number of rotatable bonds is 3. The van der Waals surface area contributed by atoms with Crippen molar-refractivity contribution in [2.75, 3.05) is 6.61 Å². The van der Waals surface area contributed by atoms with E-state index in [2.05, 4.69) is 3.32 Å². The number of hydrogen-bond donors (Lipinski definition) is 2. The molecule has 0 aliphatic heterocycles. The molecule has 2 N–H and O–H groups in total. The van der Waals surface area contributed by atoms with E-state index in [9.17, 15) is 3.32 Å². The van der Waals surface area contributed by atoms with Gasteiger partial charge in [0.25, 0.3) is 0 Å². The molecule has 0 saturated carbocycles. The summed E-state index contributed by atoms with van der Waals surface area (Å²) in [4.78, 5) is 0. The van der Waals surface area contributed by atoms with Gasteiger partial charge in [0.15, 0.2) is 0 Å². The Morgan fingerprint density at radius 3 is 2.50 bits per heavy atom. The van der Waals surface area contributed by atoms with Gasteiger partial charge in [-0.2, -0.15) is 0 Å². The van der Waals surface area contributed by atoms with Crippen LogP contribution in [-0.2, 0) is 25.3 Å². The second-order valence-corrected chi connectivity index (χ2v) is 2.71. The summed E-state index contributed by atoms with van der Waals surface area (Å²) in [6, 6.07) is 0. The van der Waals surface area contributed by atoms with Crippen LogP contribution in [0.3, 0.4) is 0 Å². The monoisotopic (exact) mass is 156 g/mol. The van der Waals surface area contributed by atoms with E-state index >= 15 is 0 Å². The molecule has 0 aromatic carbocycles. The summed E-state index contributed by atoms with van der Waals surface area (Å²) >= 11 is -3.36. The molecule has 0 fully saturated rings. The molecular formula is C3H8O4Ti. The fourth-order valence-corrected chi connectivity index (χ4v) is 0.791. The molecule has 0 bridgehead atoms. The zero-order valence-corrected chi connectivity index (χ0v) is 6.06. The molecular weight excluding hydrogens is 148 g/mol. The van der Waals surface area contributed by atoms with Gasteiger partial charge in [-0.15, -0.1) is 0 Å². The first-order valence-corrected chi connectivity index (χ1v) is 4.14. The summed E-state index contributed by atoms with van der Waals surface area (Å²) in [6.45, 7) is 1.44. The summed E-state index contributed by atoms with van der Waals surface area (Å²) in [5, 5.41) is 8.45. The third-order valence-electron chi connectivity index (χ3n) is 0.448.